The lowest BCUT2D eigenvalue weighted by atomic mass is 10.0. The molecule has 0 radical (unpaired) electrons. The van der Waals surface area contributed by atoms with Gasteiger partial charge < -0.3 is 20.3 Å². The Balaban J connectivity index is 1.54. The van der Waals surface area contributed by atoms with Crippen LogP contribution in [0.3, 0.4) is 0 Å². The van der Waals surface area contributed by atoms with Gasteiger partial charge in [-0.3, -0.25) is 9.98 Å². The molecule has 33 heavy (non-hydrogen) atoms. The van der Waals surface area contributed by atoms with Crippen LogP contribution in [-0.4, -0.2) is 61.0 Å². The number of anilines is 2. The van der Waals surface area contributed by atoms with Crippen LogP contribution in [0.15, 0.2) is 59.9 Å². The molecular weight excluding hydrogens is 527 g/mol. The van der Waals surface area contributed by atoms with Gasteiger partial charge in [0.05, 0.1) is 17.7 Å². The van der Waals surface area contributed by atoms with E-state index >= 15 is 0 Å². The summed E-state index contributed by atoms with van der Waals surface area (Å²) in [6.07, 6.45) is 3.71. The summed E-state index contributed by atoms with van der Waals surface area (Å²) in [5.41, 5.74) is 2.90. The van der Waals surface area contributed by atoms with Crippen molar-refractivity contribution in [3.8, 4) is 5.75 Å². The monoisotopic (exact) mass is 552 g/mol. The van der Waals surface area contributed by atoms with Crippen molar-refractivity contribution in [3.63, 3.8) is 0 Å². The number of halogens is 1. The van der Waals surface area contributed by atoms with E-state index in [1.807, 2.05) is 44.6 Å². The molecule has 0 saturated carbocycles. The molecule has 4 aromatic rings. The molecule has 8 heteroatoms. The van der Waals surface area contributed by atoms with Crippen LogP contribution >= 0.6 is 22.6 Å². The van der Waals surface area contributed by atoms with Crippen LogP contribution in [0.4, 0.5) is 11.5 Å². The van der Waals surface area contributed by atoms with E-state index in [0.29, 0.717) is 6.61 Å². The quantitative estimate of drug-likeness (QED) is 0.261. The van der Waals surface area contributed by atoms with Gasteiger partial charge in [-0.2, -0.15) is 0 Å². The van der Waals surface area contributed by atoms with Gasteiger partial charge >= 0.3 is 0 Å². The number of para-hydroxylation sites is 1. The van der Waals surface area contributed by atoms with Crippen molar-refractivity contribution in [1.29, 1.82) is 0 Å². The Morgan fingerprint density at radius 1 is 1.12 bits per heavy atom. The second-order valence-corrected chi connectivity index (χ2v) is 9.32. The molecule has 0 bridgehead atoms. The van der Waals surface area contributed by atoms with E-state index in [1.165, 1.54) is 0 Å². The van der Waals surface area contributed by atoms with Gasteiger partial charge in [0.15, 0.2) is 0 Å². The van der Waals surface area contributed by atoms with E-state index in [9.17, 15) is 0 Å². The molecule has 0 amide bonds. The number of ether oxygens (including phenoxy) is 1. The first-order valence-corrected chi connectivity index (χ1v) is 12.0. The summed E-state index contributed by atoms with van der Waals surface area (Å²) in [7, 11) is 4.08. The molecule has 1 aliphatic heterocycles. The van der Waals surface area contributed by atoms with Gasteiger partial charge in [0.25, 0.3) is 0 Å². The maximum atomic E-state index is 5.89. The van der Waals surface area contributed by atoms with Gasteiger partial charge in [0.1, 0.15) is 24.0 Å². The van der Waals surface area contributed by atoms with E-state index in [1.54, 1.807) is 6.20 Å². The molecule has 3 heterocycles. The van der Waals surface area contributed by atoms with Crippen LogP contribution in [0.1, 0.15) is 5.56 Å². The first-order valence-electron chi connectivity index (χ1n) is 10.9. The van der Waals surface area contributed by atoms with Crippen molar-refractivity contribution in [2.75, 3.05) is 45.7 Å². The molecule has 1 aliphatic rings. The van der Waals surface area contributed by atoms with E-state index < -0.39 is 0 Å². The fourth-order valence-corrected chi connectivity index (χ4v) is 4.52. The normalized spacial score (nSPS) is 13.4. The summed E-state index contributed by atoms with van der Waals surface area (Å²) in [4.78, 5) is 16.2. The highest BCUT2D eigenvalue weighted by molar-refractivity contribution is 14.1. The van der Waals surface area contributed by atoms with Crippen LogP contribution in [0.25, 0.3) is 21.7 Å². The zero-order valence-corrected chi connectivity index (χ0v) is 20.8. The van der Waals surface area contributed by atoms with Crippen molar-refractivity contribution in [1.82, 2.24) is 20.2 Å². The number of fused-ring (bicyclic) bond motifs is 3. The SMILES string of the molecule is CN(C)CCOc1ccc(Nc2nc3c(C4=NCCN4)cccc3c3cnccc23)c(I)c1. The van der Waals surface area contributed by atoms with Crippen LogP contribution in [0.2, 0.25) is 0 Å². The Labute approximate surface area is 206 Å². The lowest BCUT2D eigenvalue weighted by Gasteiger charge is -2.16. The van der Waals surface area contributed by atoms with Gasteiger partial charge in [-0.15, -0.1) is 0 Å². The fourth-order valence-electron chi connectivity index (χ4n) is 3.89. The third-order valence-corrected chi connectivity index (χ3v) is 6.45. The van der Waals surface area contributed by atoms with Crippen molar-refractivity contribution in [3.05, 3.63) is 64.0 Å². The van der Waals surface area contributed by atoms with Crippen molar-refractivity contribution >= 4 is 61.6 Å². The highest BCUT2D eigenvalue weighted by Gasteiger charge is 2.17. The number of aliphatic imine (C=N–C) groups is 1. The number of nitrogens with one attached hydrogen (secondary N) is 2. The maximum Gasteiger partial charge on any atom is 0.139 e. The molecule has 2 aromatic carbocycles. The maximum absolute atomic E-state index is 5.89. The van der Waals surface area contributed by atoms with Gasteiger partial charge in [0.2, 0.25) is 0 Å². The largest absolute Gasteiger partial charge is 0.492 e. The number of likely N-dealkylation sites (N-methyl/N-ethyl adjacent to an activating group) is 1. The minimum Gasteiger partial charge on any atom is -0.492 e. The van der Waals surface area contributed by atoms with Gasteiger partial charge in [-0.1, -0.05) is 12.1 Å². The Hall–Kier alpha value is -2.98. The minimum absolute atomic E-state index is 0.653. The Bertz CT molecular complexity index is 1350. The molecular formula is C25H25IN6O. The predicted octanol–water partition coefficient (Wildman–Crippen LogP) is 4.42. The molecule has 2 aromatic heterocycles. The summed E-state index contributed by atoms with van der Waals surface area (Å²) in [5.74, 6) is 2.56. The Morgan fingerprint density at radius 3 is 2.82 bits per heavy atom. The van der Waals surface area contributed by atoms with Crippen LogP contribution in [-0.2, 0) is 0 Å². The van der Waals surface area contributed by atoms with Crippen molar-refractivity contribution in [2.24, 2.45) is 4.99 Å². The third kappa shape index (κ3) is 4.58. The van der Waals surface area contributed by atoms with E-state index in [0.717, 1.165) is 73.5 Å². The average molecular weight is 552 g/mol. The lowest BCUT2D eigenvalue weighted by molar-refractivity contribution is 0.261. The zero-order chi connectivity index (χ0) is 22.8. The highest BCUT2D eigenvalue weighted by Crippen LogP contribution is 2.34. The topological polar surface area (TPSA) is 74.7 Å². The first-order chi connectivity index (χ1) is 16.1. The minimum atomic E-state index is 0.653. The standard InChI is InChI=1S/C25H25IN6O/c1-32(2)12-13-33-16-6-7-22(21(26)14-16)30-25-18-8-9-27-15-20(18)17-4-3-5-19(23(17)31-25)24-28-10-11-29-24/h3-9,14-15H,10-13H2,1-2H3,(H,28,29)(H,30,31). The fraction of sp³-hybridized carbons (Fsp3) is 0.240. The summed E-state index contributed by atoms with van der Waals surface area (Å²) in [5, 5.41) is 10.1. The lowest BCUT2D eigenvalue weighted by Crippen LogP contribution is -2.20. The second-order valence-electron chi connectivity index (χ2n) is 8.16. The molecule has 0 fully saturated rings. The predicted molar refractivity (Wildman–Crippen MR) is 143 cm³/mol. The number of benzene rings is 2. The van der Waals surface area contributed by atoms with E-state index in [2.05, 4.69) is 66.3 Å². The molecule has 0 atom stereocenters. The smallest absolute Gasteiger partial charge is 0.139 e. The summed E-state index contributed by atoms with van der Waals surface area (Å²) in [6.45, 7) is 3.17. The molecule has 7 nitrogen and oxygen atoms in total. The van der Waals surface area contributed by atoms with Crippen molar-refractivity contribution in [2.45, 2.75) is 0 Å². The van der Waals surface area contributed by atoms with Gasteiger partial charge in [0, 0.05) is 50.8 Å². The molecule has 0 saturated heterocycles. The van der Waals surface area contributed by atoms with Gasteiger partial charge in [-0.05, 0) is 67.0 Å². The number of pyridine rings is 2. The number of amidine groups is 1. The molecule has 0 unspecified atom stereocenters. The zero-order valence-electron chi connectivity index (χ0n) is 18.6. The number of hydrogen-bond acceptors (Lipinski definition) is 7. The highest BCUT2D eigenvalue weighted by atomic mass is 127. The molecule has 5 rings (SSSR count). The summed E-state index contributed by atoms with van der Waals surface area (Å²) < 4.78 is 6.95. The Kier molecular flexibility index (Phi) is 6.28. The molecule has 2 N–H and O–H groups in total. The average Bonchev–Trinajstić information content (AvgIpc) is 3.35. The number of nitrogens with zero attached hydrogens (tertiary/aromatic N) is 4. The first kappa shape index (κ1) is 21.8. The van der Waals surface area contributed by atoms with Crippen LogP contribution in [0, 0.1) is 3.57 Å². The number of aromatic nitrogens is 2. The van der Waals surface area contributed by atoms with E-state index in [4.69, 9.17) is 9.72 Å². The van der Waals surface area contributed by atoms with E-state index in [-0.39, 0.29) is 0 Å². The van der Waals surface area contributed by atoms with Crippen LogP contribution < -0.4 is 15.4 Å². The number of rotatable bonds is 7. The van der Waals surface area contributed by atoms with Crippen LogP contribution in [0.5, 0.6) is 5.75 Å². The van der Waals surface area contributed by atoms with Gasteiger partial charge in [-0.25, -0.2) is 4.98 Å². The Morgan fingerprint density at radius 2 is 2.03 bits per heavy atom. The molecule has 0 aliphatic carbocycles. The van der Waals surface area contributed by atoms with Crippen molar-refractivity contribution < 1.29 is 4.74 Å². The number of hydrogen-bond donors (Lipinski definition) is 2. The molecule has 0 spiro atoms. The molecule has 168 valence electrons. The third-order valence-electron chi connectivity index (χ3n) is 5.56. The summed E-state index contributed by atoms with van der Waals surface area (Å²) >= 11 is 2.34. The second kappa shape index (κ2) is 9.48. The summed E-state index contributed by atoms with van der Waals surface area (Å²) in [6, 6.07) is 14.3.